The molecule has 2 N–H and O–H groups in total. The molecular weight excluding hydrogens is 459 g/mol. The number of pyridine rings is 1. The second-order valence-corrected chi connectivity index (χ2v) is 9.89. The molecule has 1 saturated heterocycles. The summed E-state index contributed by atoms with van der Waals surface area (Å²) in [6.07, 6.45) is 8.27. The summed E-state index contributed by atoms with van der Waals surface area (Å²) in [5, 5.41) is 5.99. The zero-order valence-corrected chi connectivity index (χ0v) is 21.0. The van der Waals surface area contributed by atoms with Crippen molar-refractivity contribution >= 4 is 17.6 Å². The van der Waals surface area contributed by atoms with Gasteiger partial charge in [0.05, 0.1) is 17.8 Å². The van der Waals surface area contributed by atoms with E-state index >= 15 is 0 Å². The number of likely N-dealkylation sites (tertiary alicyclic amines) is 1. The first-order valence-corrected chi connectivity index (χ1v) is 12.9. The van der Waals surface area contributed by atoms with Gasteiger partial charge in [-0.1, -0.05) is 19.3 Å². The van der Waals surface area contributed by atoms with Gasteiger partial charge >= 0.3 is 0 Å². The number of carbonyl (C=O) groups is 3. The Morgan fingerprint density at radius 2 is 1.72 bits per heavy atom. The van der Waals surface area contributed by atoms with Crippen molar-refractivity contribution in [2.45, 2.75) is 70.0 Å². The third-order valence-electron chi connectivity index (χ3n) is 7.54. The Morgan fingerprint density at radius 1 is 1.00 bits per heavy atom. The normalized spacial score (nSPS) is 20.1. The van der Waals surface area contributed by atoms with Gasteiger partial charge < -0.3 is 15.5 Å². The Bertz CT molecular complexity index is 1080. The molecule has 0 radical (unpaired) electrons. The number of hydrogen-bond donors (Lipinski definition) is 2. The molecule has 3 atom stereocenters. The van der Waals surface area contributed by atoms with Gasteiger partial charge in [-0.3, -0.25) is 19.4 Å². The minimum absolute atomic E-state index is 0.0712. The highest BCUT2D eigenvalue weighted by Crippen LogP contribution is 2.34. The summed E-state index contributed by atoms with van der Waals surface area (Å²) in [6, 6.07) is 7.61. The van der Waals surface area contributed by atoms with Crippen molar-refractivity contribution in [1.29, 1.82) is 0 Å². The summed E-state index contributed by atoms with van der Waals surface area (Å²) in [6.45, 7) is 2.37. The fourth-order valence-electron chi connectivity index (χ4n) is 5.31. The SMILES string of the molecule is CNC(C)C(=O)NC(C(=O)N1CCCC1c1cc(C(=O)c2ccc(F)cc2)ccn1)C1CCCCC1. The molecule has 1 aromatic carbocycles. The van der Waals surface area contributed by atoms with E-state index in [-0.39, 0.29) is 29.6 Å². The largest absolute Gasteiger partial charge is 0.343 e. The van der Waals surface area contributed by atoms with Crippen LogP contribution in [0.25, 0.3) is 0 Å². The molecule has 192 valence electrons. The predicted octanol–water partition coefficient (Wildman–Crippen LogP) is 3.79. The number of carbonyl (C=O) groups excluding carboxylic acids is 3. The number of hydrogen-bond acceptors (Lipinski definition) is 5. The van der Waals surface area contributed by atoms with Gasteiger partial charge in [-0.05, 0) is 82.0 Å². The monoisotopic (exact) mass is 494 g/mol. The number of likely N-dealkylation sites (N-methyl/N-ethyl adjacent to an activating group) is 1. The molecular formula is C28H35FN4O3. The van der Waals surface area contributed by atoms with Crippen LogP contribution in [0.15, 0.2) is 42.6 Å². The summed E-state index contributed by atoms with van der Waals surface area (Å²) in [4.78, 5) is 46.0. The third kappa shape index (κ3) is 5.81. The standard InChI is InChI=1S/C28H35FN4O3/c1-18(30-2)27(35)32-25(19-7-4-3-5-8-19)28(36)33-16-6-9-24(33)23-17-21(14-15-31-23)26(34)20-10-12-22(29)13-11-20/h10-15,17-19,24-25,30H,3-9,16H2,1-2H3,(H,32,35). The van der Waals surface area contributed by atoms with E-state index in [9.17, 15) is 18.8 Å². The second-order valence-electron chi connectivity index (χ2n) is 9.89. The molecule has 2 aliphatic rings. The van der Waals surface area contributed by atoms with E-state index in [0.717, 1.165) is 44.9 Å². The lowest BCUT2D eigenvalue weighted by molar-refractivity contribution is -0.139. The Kier molecular flexibility index (Phi) is 8.46. The summed E-state index contributed by atoms with van der Waals surface area (Å²) in [7, 11) is 1.73. The molecule has 2 heterocycles. The molecule has 0 spiro atoms. The fraction of sp³-hybridized carbons (Fsp3) is 0.500. The maximum atomic E-state index is 13.9. The smallest absolute Gasteiger partial charge is 0.246 e. The molecule has 1 aliphatic heterocycles. The maximum Gasteiger partial charge on any atom is 0.246 e. The van der Waals surface area contributed by atoms with Crippen LogP contribution in [0.2, 0.25) is 0 Å². The number of aromatic nitrogens is 1. The first kappa shape index (κ1) is 25.9. The van der Waals surface area contributed by atoms with E-state index in [2.05, 4.69) is 15.6 Å². The van der Waals surface area contributed by atoms with Crippen LogP contribution in [0.3, 0.4) is 0 Å². The first-order chi connectivity index (χ1) is 17.4. The Morgan fingerprint density at radius 3 is 2.42 bits per heavy atom. The number of benzene rings is 1. The quantitative estimate of drug-likeness (QED) is 0.545. The molecule has 1 saturated carbocycles. The summed E-state index contributed by atoms with van der Waals surface area (Å²) >= 11 is 0. The number of halogens is 1. The van der Waals surface area contributed by atoms with Crippen molar-refractivity contribution in [2.24, 2.45) is 5.92 Å². The fourth-order valence-corrected chi connectivity index (χ4v) is 5.31. The molecule has 1 aliphatic carbocycles. The van der Waals surface area contributed by atoms with Crippen LogP contribution in [-0.4, -0.2) is 53.2 Å². The number of nitrogens with one attached hydrogen (secondary N) is 2. The van der Waals surface area contributed by atoms with Gasteiger partial charge in [-0.25, -0.2) is 4.39 Å². The molecule has 36 heavy (non-hydrogen) atoms. The van der Waals surface area contributed by atoms with Crippen molar-refractivity contribution in [2.75, 3.05) is 13.6 Å². The molecule has 2 amide bonds. The molecule has 7 nitrogen and oxygen atoms in total. The van der Waals surface area contributed by atoms with E-state index in [0.29, 0.717) is 23.4 Å². The van der Waals surface area contributed by atoms with Crippen molar-refractivity contribution in [3.8, 4) is 0 Å². The molecule has 0 bridgehead atoms. The third-order valence-corrected chi connectivity index (χ3v) is 7.54. The van der Waals surface area contributed by atoms with Gasteiger partial charge in [0.25, 0.3) is 0 Å². The predicted molar refractivity (Wildman–Crippen MR) is 135 cm³/mol. The van der Waals surface area contributed by atoms with Gasteiger partial charge in [0.2, 0.25) is 11.8 Å². The Labute approximate surface area is 211 Å². The van der Waals surface area contributed by atoms with Crippen LogP contribution in [-0.2, 0) is 9.59 Å². The molecule has 2 aromatic rings. The van der Waals surface area contributed by atoms with Crippen LogP contribution in [0.5, 0.6) is 0 Å². The van der Waals surface area contributed by atoms with Crippen molar-refractivity contribution < 1.29 is 18.8 Å². The topological polar surface area (TPSA) is 91.4 Å². The summed E-state index contributed by atoms with van der Waals surface area (Å²) in [5.41, 5.74) is 1.50. The molecule has 1 aromatic heterocycles. The first-order valence-electron chi connectivity index (χ1n) is 12.9. The average Bonchev–Trinajstić information content (AvgIpc) is 3.41. The zero-order chi connectivity index (χ0) is 25.7. The van der Waals surface area contributed by atoms with Crippen molar-refractivity contribution in [3.05, 3.63) is 65.2 Å². The maximum absolute atomic E-state index is 13.9. The minimum Gasteiger partial charge on any atom is -0.343 e. The van der Waals surface area contributed by atoms with Gasteiger partial charge in [-0.2, -0.15) is 0 Å². The molecule has 4 rings (SSSR count). The number of amides is 2. The van der Waals surface area contributed by atoms with Crippen molar-refractivity contribution in [3.63, 3.8) is 0 Å². The summed E-state index contributed by atoms with van der Waals surface area (Å²) < 4.78 is 13.3. The van der Waals surface area contributed by atoms with E-state index < -0.39 is 17.9 Å². The highest BCUT2D eigenvalue weighted by Gasteiger charge is 2.39. The summed E-state index contributed by atoms with van der Waals surface area (Å²) in [5.74, 6) is -0.756. The number of nitrogens with zero attached hydrogens (tertiary/aromatic N) is 2. The molecule has 2 fully saturated rings. The van der Waals surface area contributed by atoms with Gasteiger partial charge in [-0.15, -0.1) is 0 Å². The number of rotatable bonds is 8. The second kappa shape index (κ2) is 11.7. The van der Waals surface area contributed by atoms with Crippen LogP contribution in [0.4, 0.5) is 4.39 Å². The lowest BCUT2D eigenvalue weighted by Gasteiger charge is -2.35. The van der Waals surface area contributed by atoms with Crippen LogP contribution >= 0.6 is 0 Å². The Hall–Kier alpha value is -3.13. The number of ketones is 1. The highest BCUT2D eigenvalue weighted by atomic mass is 19.1. The van der Waals surface area contributed by atoms with Gasteiger partial charge in [0.1, 0.15) is 11.9 Å². The average molecular weight is 495 g/mol. The lowest BCUT2D eigenvalue weighted by Crippen LogP contribution is -2.55. The van der Waals surface area contributed by atoms with Crippen LogP contribution in [0.1, 0.15) is 79.5 Å². The Balaban J connectivity index is 1.56. The van der Waals surface area contributed by atoms with E-state index in [1.165, 1.54) is 24.3 Å². The lowest BCUT2D eigenvalue weighted by atomic mass is 9.83. The van der Waals surface area contributed by atoms with Gasteiger partial charge in [0.15, 0.2) is 5.78 Å². The van der Waals surface area contributed by atoms with E-state index in [4.69, 9.17) is 0 Å². The van der Waals surface area contributed by atoms with Gasteiger partial charge in [0, 0.05) is 23.9 Å². The van der Waals surface area contributed by atoms with E-state index in [1.807, 2.05) is 4.90 Å². The molecule has 8 heteroatoms. The van der Waals surface area contributed by atoms with Crippen LogP contribution < -0.4 is 10.6 Å². The zero-order valence-electron chi connectivity index (χ0n) is 21.0. The van der Waals surface area contributed by atoms with E-state index in [1.54, 1.807) is 32.3 Å². The molecule has 3 unspecified atom stereocenters. The van der Waals surface area contributed by atoms with Crippen molar-refractivity contribution in [1.82, 2.24) is 20.5 Å². The minimum atomic E-state index is -0.571. The van der Waals surface area contributed by atoms with Crippen LogP contribution in [0, 0.1) is 11.7 Å². The highest BCUT2D eigenvalue weighted by molar-refractivity contribution is 6.09.